The molecule has 1 aliphatic carbocycles. The van der Waals surface area contributed by atoms with Crippen molar-refractivity contribution in [3.8, 4) is 17.0 Å². The molecule has 0 aliphatic heterocycles. The molecule has 94 valence electrons. The number of benzene rings is 2. The third kappa shape index (κ3) is 1.64. The van der Waals surface area contributed by atoms with E-state index in [1.165, 1.54) is 24.1 Å². The average Bonchev–Trinajstić information content (AvgIpc) is 3.20. The zero-order valence-electron chi connectivity index (χ0n) is 10.6. The second kappa shape index (κ2) is 3.89. The van der Waals surface area contributed by atoms with Gasteiger partial charge in [0.05, 0.1) is 5.52 Å². The maximum atomic E-state index is 10.0. The molecule has 3 aromatic rings. The first-order valence-corrected chi connectivity index (χ1v) is 6.73. The minimum Gasteiger partial charge on any atom is -0.507 e. The molecule has 0 amide bonds. The van der Waals surface area contributed by atoms with Crippen molar-refractivity contribution < 1.29 is 5.11 Å². The highest BCUT2D eigenvalue weighted by Crippen LogP contribution is 2.43. The Balaban J connectivity index is 2.05. The van der Waals surface area contributed by atoms with Crippen LogP contribution in [0.25, 0.3) is 22.2 Å². The third-order valence-corrected chi connectivity index (χ3v) is 3.84. The third-order valence-electron chi connectivity index (χ3n) is 3.84. The lowest BCUT2D eigenvalue weighted by atomic mass is 10.1. The van der Waals surface area contributed by atoms with Crippen LogP contribution >= 0.6 is 0 Å². The predicted octanol–water partition coefficient (Wildman–Crippen LogP) is 4.35. The van der Waals surface area contributed by atoms with E-state index in [2.05, 4.69) is 41.0 Å². The van der Waals surface area contributed by atoms with E-state index in [0.717, 1.165) is 10.9 Å². The zero-order chi connectivity index (χ0) is 12.8. The van der Waals surface area contributed by atoms with Crippen molar-refractivity contribution in [2.24, 2.45) is 0 Å². The van der Waals surface area contributed by atoms with Gasteiger partial charge in [-0.3, -0.25) is 0 Å². The number of aromatic nitrogens is 1. The van der Waals surface area contributed by atoms with Crippen LogP contribution in [0.3, 0.4) is 0 Å². The second-order valence-corrected chi connectivity index (χ2v) is 5.21. The lowest BCUT2D eigenvalue weighted by molar-refractivity contribution is 0.481. The first kappa shape index (κ1) is 10.7. The van der Waals surface area contributed by atoms with Crippen molar-refractivity contribution >= 4 is 10.9 Å². The second-order valence-electron chi connectivity index (χ2n) is 5.21. The number of fused-ring (bicyclic) bond motifs is 1. The highest BCUT2D eigenvalue weighted by molar-refractivity contribution is 5.91. The Morgan fingerprint density at radius 1 is 0.947 bits per heavy atom. The molecule has 2 nitrogen and oxygen atoms in total. The fourth-order valence-corrected chi connectivity index (χ4v) is 2.79. The summed E-state index contributed by atoms with van der Waals surface area (Å²) in [5.74, 6) is 0.370. The smallest absolute Gasteiger partial charge is 0.124 e. The van der Waals surface area contributed by atoms with E-state index in [9.17, 15) is 5.11 Å². The van der Waals surface area contributed by atoms with Crippen molar-refractivity contribution in [2.45, 2.75) is 18.9 Å². The van der Waals surface area contributed by atoms with Crippen LogP contribution < -0.4 is 0 Å². The molecule has 1 heterocycles. The van der Waals surface area contributed by atoms with Crippen molar-refractivity contribution in [3.05, 3.63) is 54.6 Å². The first-order chi connectivity index (χ1) is 9.34. The van der Waals surface area contributed by atoms with Crippen molar-refractivity contribution in [2.75, 3.05) is 0 Å². The van der Waals surface area contributed by atoms with E-state index in [4.69, 9.17) is 0 Å². The highest BCUT2D eigenvalue weighted by atomic mass is 16.3. The Morgan fingerprint density at radius 3 is 2.47 bits per heavy atom. The van der Waals surface area contributed by atoms with E-state index in [1.54, 1.807) is 6.07 Å². The molecule has 19 heavy (non-hydrogen) atoms. The maximum Gasteiger partial charge on any atom is 0.124 e. The van der Waals surface area contributed by atoms with Gasteiger partial charge in [-0.05, 0) is 36.6 Å². The molecular weight excluding hydrogens is 234 g/mol. The normalized spacial score (nSPS) is 14.9. The van der Waals surface area contributed by atoms with Gasteiger partial charge in [0.2, 0.25) is 0 Å². The molecule has 0 unspecified atom stereocenters. The Morgan fingerprint density at radius 2 is 1.74 bits per heavy atom. The molecule has 0 spiro atoms. The molecular formula is C17H15NO. The van der Waals surface area contributed by atoms with Gasteiger partial charge in [0, 0.05) is 17.1 Å². The van der Waals surface area contributed by atoms with Crippen LogP contribution in [0.5, 0.6) is 5.75 Å². The summed E-state index contributed by atoms with van der Waals surface area (Å²) in [6, 6.07) is 18.9. The van der Waals surface area contributed by atoms with Gasteiger partial charge in [0.15, 0.2) is 0 Å². The van der Waals surface area contributed by atoms with Crippen LogP contribution in [0.2, 0.25) is 0 Å². The van der Waals surface area contributed by atoms with E-state index in [-0.39, 0.29) is 0 Å². The summed E-state index contributed by atoms with van der Waals surface area (Å²) in [4.78, 5) is 0. The molecule has 1 aromatic heterocycles. The Hall–Kier alpha value is -2.22. The number of phenolic OH excluding ortho intramolecular Hbond substituents is 1. The van der Waals surface area contributed by atoms with Gasteiger partial charge in [-0.15, -0.1) is 0 Å². The lowest BCUT2D eigenvalue weighted by Gasteiger charge is -2.09. The van der Waals surface area contributed by atoms with Crippen LogP contribution in [-0.4, -0.2) is 9.67 Å². The molecule has 1 saturated carbocycles. The Labute approximate surface area is 111 Å². The number of hydrogen-bond donors (Lipinski definition) is 1. The summed E-state index contributed by atoms with van der Waals surface area (Å²) in [6.45, 7) is 0. The summed E-state index contributed by atoms with van der Waals surface area (Å²) in [5.41, 5.74) is 3.56. The minimum absolute atomic E-state index is 0.370. The van der Waals surface area contributed by atoms with Crippen LogP contribution in [-0.2, 0) is 0 Å². The Bertz CT molecular complexity index is 739. The van der Waals surface area contributed by atoms with E-state index >= 15 is 0 Å². The summed E-state index contributed by atoms with van der Waals surface area (Å²) < 4.78 is 2.38. The van der Waals surface area contributed by atoms with Crippen LogP contribution in [0.1, 0.15) is 18.9 Å². The number of phenols is 1. The zero-order valence-corrected chi connectivity index (χ0v) is 10.6. The quantitative estimate of drug-likeness (QED) is 0.717. The van der Waals surface area contributed by atoms with Gasteiger partial charge < -0.3 is 9.67 Å². The molecule has 2 heteroatoms. The summed E-state index contributed by atoms with van der Waals surface area (Å²) in [5, 5.41) is 11.0. The van der Waals surface area contributed by atoms with Gasteiger partial charge in [-0.25, -0.2) is 0 Å². The molecule has 0 saturated heterocycles. The van der Waals surface area contributed by atoms with Gasteiger partial charge in [0.25, 0.3) is 0 Å². The van der Waals surface area contributed by atoms with Crippen LogP contribution in [0, 0.1) is 0 Å². The fourth-order valence-electron chi connectivity index (χ4n) is 2.79. The monoisotopic (exact) mass is 249 g/mol. The first-order valence-electron chi connectivity index (χ1n) is 6.73. The predicted molar refractivity (Wildman–Crippen MR) is 77.3 cm³/mol. The minimum atomic E-state index is 0.370. The highest BCUT2D eigenvalue weighted by Gasteiger charge is 2.28. The van der Waals surface area contributed by atoms with Gasteiger partial charge >= 0.3 is 0 Å². The van der Waals surface area contributed by atoms with Crippen molar-refractivity contribution in [3.63, 3.8) is 0 Å². The number of aromatic hydroxyl groups is 1. The Kier molecular flexibility index (Phi) is 2.18. The summed E-state index contributed by atoms with van der Waals surface area (Å²) >= 11 is 0. The van der Waals surface area contributed by atoms with Crippen LogP contribution in [0.15, 0.2) is 54.6 Å². The molecule has 2 aromatic carbocycles. The van der Waals surface area contributed by atoms with E-state index in [1.807, 2.05) is 12.1 Å². The molecule has 0 radical (unpaired) electrons. The standard InChI is InChI=1S/C17H15NO/c19-17-8-4-7-15-14(17)11-16(18(15)13-9-10-13)12-5-2-1-3-6-12/h1-8,11,13,19H,9-10H2. The van der Waals surface area contributed by atoms with Gasteiger partial charge in [0.1, 0.15) is 5.75 Å². The SMILES string of the molecule is Oc1cccc2c1cc(-c1ccccc1)n2C1CC1. The molecule has 0 bridgehead atoms. The molecule has 1 fully saturated rings. The van der Waals surface area contributed by atoms with E-state index < -0.39 is 0 Å². The summed E-state index contributed by atoms with van der Waals surface area (Å²) in [6.07, 6.45) is 2.47. The topological polar surface area (TPSA) is 25.2 Å². The van der Waals surface area contributed by atoms with Crippen molar-refractivity contribution in [1.29, 1.82) is 0 Å². The lowest BCUT2D eigenvalue weighted by Crippen LogP contribution is -1.95. The van der Waals surface area contributed by atoms with Gasteiger partial charge in [-0.2, -0.15) is 0 Å². The number of nitrogens with zero attached hydrogens (tertiary/aromatic N) is 1. The largest absolute Gasteiger partial charge is 0.507 e. The van der Waals surface area contributed by atoms with Crippen LogP contribution in [0.4, 0.5) is 0 Å². The van der Waals surface area contributed by atoms with Crippen molar-refractivity contribution in [1.82, 2.24) is 4.57 Å². The summed E-state index contributed by atoms with van der Waals surface area (Å²) in [7, 11) is 0. The van der Waals surface area contributed by atoms with E-state index in [0.29, 0.717) is 11.8 Å². The average molecular weight is 249 g/mol. The maximum absolute atomic E-state index is 10.0. The molecule has 4 rings (SSSR count). The number of hydrogen-bond acceptors (Lipinski definition) is 1. The molecule has 1 N–H and O–H groups in total. The molecule has 1 aliphatic rings. The van der Waals surface area contributed by atoms with Gasteiger partial charge in [-0.1, -0.05) is 36.4 Å². The fraction of sp³-hybridized carbons (Fsp3) is 0.176. The number of rotatable bonds is 2. The molecule has 0 atom stereocenters.